The average molecular weight is 332 g/mol. The summed E-state index contributed by atoms with van der Waals surface area (Å²) in [4.78, 5) is 13.8. The summed E-state index contributed by atoms with van der Waals surface area (Å²) in [6.45, 7) is 4.10. The molecule has 0 spiro atoms. The Bertz CT molecular complexity index is 617. The zero-order valence-corrected chi connectivity index (χ0v) is 14.4. The minimum Gasteiger partial charge on any atom is -0.870 e. The van der Waals surface area contributed by atoms with Crippen LogP contribution in [0.4, 0.5) is 0 Å². The van der Waals surface area contributed by atoms with Gasteiger partial charge in [-0.2, -0.15) is 0 Å². The fourth-order valence-corrected chi connectivity index (χ4v) is 3.16. The molecular weight excluding hydrogens is 315 g/mol. The van der Waals surface area contributed by atoms with Crippen LogP contribution in [0.1, 0.15) is 16.7 Å². The normalized spacial score (nSPS) is 9.45. The van der Waals surface area contributed by atoms with E-state index >= 15 is 0 Å². The molecule has 0 saturated heterocycles. The third-order valence-electron chi connectivity index (χ3n) is 3.05. The molecule has 0 aliphatic heterocycles. The molecule has 2 aromatic carbocycles. The van der Waals surface area contributed by atoms with Crippen molar-refractivity contribution in [1.82, 2.24) is 0 Å². The Hall–Kier alpha value is -1.29. The third kappa shape index (κ3) is 5.49. The molecule has 22 heavy (non-hydrogen) atoms. The van der Waals surface area contributed by atoms with Gasteiger partial charge in [0.05, 0.1) is 0 Å². The van der Waals surface area contributed by atoms with Crippen LogP contribution in [0.2, 0.25) is 0 Å². The number of carbonyl (C=O) groups excluding carboxylic acids is 1. The van der Waals surface area contributed by atoms with Crippen LogP contribution >= 0.6 is 11.8 Å². The maximum atomic E-state index is 11.5. The van der Waals surface area contributed by atoms with Crippen LogP contribution in [0.3, 0.4) is 0 Å². The molecule has 0 bridgehead atoms. The van der Waals surface area contributed by atoms with Gasteiger partial charge in [0.15, 0.2) is 0 Å². The summed E-state index contributed by atoms with van der Waals surface area (Å²) in [7, 11) is 0. The first kappa shape index (κ1) is 20.7. The van der Waals surface area contributed by atoms with Gasteiger partial charge in [-0.15, -0.1) is 0 Å². The number of carbonyl (C=O) groups is 1. The van der Waals surface area contributed by atoms with Gasteiger partial charge in [-0.3, -0.25) is 0 Å². The Morgan fingerprint density at radius 3 is 2.36 bits per heavy atom. The first-order chi connectivity index (χ1) is 9.60. The Labute approximate surface area is 143 Å². The molecule has 0 heterocycles. The summed E-state index contributed by atoms with van der Waals surface area (Å²) in [5.74, 6) is -0.237. The molecule has 0 saturated carbocycles. The van der Waals surface area contributed by atoms with Gasteiger partial charge in [-0.25, -0.2) is 0 Å². The fourth-order valence-electron chi connectivity index (χ4n) is 2.00. The van der Waals surface area contributed by atoms with E-state index in [0.29, 0.717) is 6.42 Å². The second-order valence-electron chi connectivity index (χ2n) is 4.63. The minimum absolute atomic E-state index is 0. The summed E-state index contributed by atoms with van der Waals surface area (Å²) in [6, 6.07) is 14.4. The van der Waals surface area contributed by atoms with Crippen molar-refractivity contribution in [2.75, 3.05) is 0 Å². The number of hydrogen-bond donors (Lipinski definition) is 0. The van der Waals surface area contributed by atoms with E-state index in [9.17, 15) is 4.79 Å². The molecule has 0 amide bonds. The average Bonchev–Trinajstić information content (AvgIpc) is 2.45. The van der Waals surface area contributed by atoms with Crippen LogP contribution in [0.15, 0.2) is 52.3 Å². The maximum Gasteiger partial charge on any atom is -0.870 e. The summed E-state index contributed by atoms with van der Waals surface area (Å²) in [5.41, 5.74) is 3.32. The standard InChI is InChI=1S/C16H16O2S.Al.2H2O/c1-11-8-13(10-16(17)18)12(2)15(9-11)19-14-6-4-3-5-7-14;;;/h3-9H,10H2,1-2H3,(H,17,18);;2*1H2/q;+3;;/p-3. The molecule has 0 aliphatic rings. The van der Waals surface area contributed by atoms with Crippen molar-refractivity contribution in [3.63, 3.8) is 0 Å². The zero-order valence-electron chi connectivity index (χ0n) is 12.4. The number of aryl methyl sites for hydroxylation is 1. The molecular formula is C16H17AlO4S. The predicted octanol–water partition coefficient (Wildman–Crippen LogP) is 3.27. The SMILES string of the molecule is Cc1cc(CC(=O)[O][Al+2])c(C)c(Sc2ccccc2)c1.[OH-].[OH-]. The van der Waals surface area contributed by atoms with Crippen molar-refractivity contribution in [3.8, 4) is 0 Å². The molecule has 0 atom stereocenters. The summed E-state index contributed by atoms with van der Waals surface area (Å²) < 4.78 is 4.68. The van der Waals surface area contributed by atoms with Gasteiger partial charge in [0.25, 0.3) is 0 Å². The maximum absolute atomic E-state index is 11.5. The van der Waals surface area contributed by atoms with Crippen LogP contribution < -0.4 is 0 Å². The van der Waals surface area contributed by atoms with Gasteiger partial charge >= 0.3 is 132 Å². The van der Waals surface area contributed by atoms with E-state index in [0.717, 1.165) is 16.7 Å². The predicted molar refractivity (Wildman–Crippen MR) is 85.9 cm³/mol. The van der Waals surface area contributed by atoms with Crippen molar-refractivity contribution >= 4 is 34.4 Å². The van der Waals surface area contributed by atoms with Crippen molar-refractivity contribution in [2.24, 2.45) is 0 Å². The van der Waals surface area contributed by atoms with Crippen LogP contribution in [-0.4, -0.2) is 33.5 Å². The van der Waals surface area contributed by atoms with Crippen molar-refractivity contribution in [1.29, 1.82) is 0 Å². The molecule has 0 radical (unpaired) electrons. The van der Waals surface area contributed by atoms with Crippen LogP contribution in [-0.2, 0) is 15.0 Å². The smallest absolute Gasteiger partial charge is 0.870 e. The summed E-state index contributed by atoms with van der Waals surface area (Å²) >= 11 is 3.73. The van der Waals surface area contributed by atoms with Crippen LogP contribution in [0.5, 0.6) is 0 Å². The first-order valence-electron chi connectivity index (χ1n) is 6.32. The van der Waals surface area contributed by atoms with E-state index in [2.05, 4.69) is 28.9 Å². The molecule has 2 rings (SSSR count). The van der Waals surface area contributed by atoms with Gasteiger partial charge in [-0.05, 0) is 0 Å². The Balaban J connectivity index is 0.00000220. The minimum atomic E-state index is -0.237. The quantitative estimate of drug-likeness (QED) is 0.802. The molecule has 0 fully saturated rings. The van der Waals surface area contributed by atoms with E-state index in [4.69, 9.17) is 0 Å². The van der Waals surface area contributed by atoms with Gasteiger partial charge in [0, 0.05) is 0 Å². The second kappa shape index (κ2) is 9.67. The molecule has 114 valence electrons. The fraction of sp³-hybridized carbons (Fsp3) is 0.188. The topological polar surface area (TPSA) is 86.3 Å². The molecule has 6 heteroatoms. The van der Waals surface area contributed by atoms with E-state index < -0.39 is 0 Å². The molecule has 0 aliphatic carbocycles. The van der Waals surface area contributed by atoms with E-state index in [1.807, 2.05) is 47.8 Å². The van der Waals surface area contributed by atoms with Crippen molar-refractivity contribution in [2.45, 2.75) is 30.1 Å². The largest absolute Gasteiger partial charge is 0.870 e. The summed E-state index contributed by atoms with van der Waals surface area (Å²) in [5, 5.41) is 0. The van der Waals surface area contributed by atoms with Gasteiger partial charge in [0.2, 0.25) is 0 Å². The number of rotatable bonds is 4. The Morgan fingerprint density at radius 1 is 1.14 bits per heavy atom. The van der Waals surface area contributed by atoms with E-state index in [1.165, 1.54) is 9.79 Å². The van der Waals surface area contributed by atoms with Crippen LogP contribution in [0.25, 0.3) is 0 Å². The third-order valence-corrected chi connectivity index (χ3v) is 4.46. The van der Waals surface area contributed by atoms with Gasteiger partial charge in [0.1, 0.15) is 0 Å². The first-order valence-corrected chi connectivity index (χ1v) is 7.61. The van der Waals surface area contributed by atoms with Crippen molar-refractivity contribution < 1.29 is 19.5 Å². The zero-order chi connectivity index (χ0) is 14.5. The molecule has 2 aromatic rings. The number of benzene rings is 2. The van der Waals surface area contributed by atoms with E-state index in [1.54, 1.807) is 11.8 Å². The van der Waals surface area contributed by atoms with Gasteiger partial charge < -0.3 is 11.0 Å². The number of hydrogen-bond acceptors (Lipinski definition) is 5. The molecule has 0 unspecified atom stereocenters. The van der Waals surface area contributed by atoms with Crippen molar-refractivity contribution in [3.05, 3.63) is 59.2 Å². The second-order valence-corrected chi connectivity index (χ2v) is 5.98. The monoisotopic (exact) mass is 332 g/mol. The summed E-state index contributed by atoms with van der Waals surface area (Å²) in [6.07, 6.45) is 0.305. The van der Waals surface area contributed by atoms with Crippen LogP contribution in [0, 0.1) is 13.8 Å². The Kier molecular flexibility index (Phi) is 9.11. The van der Waals surface area contributed by atoms with E-state index in [-0.39, 0.29) is 16.9 Å². The Morgan fingerprint density at radius 2 is 1.77 bits per heavy atom. The van der Waals surface area contributed by atoms with Gasteiger partial charge in [-0.1, -0.05) is 0 Å². The molecule has 2 N–H and O–H groups in total. The molecule has 0 aromatic heterocycles. The molecule has 4 nitrogen and oxygen atoms in total.